The summed E-state index contributed by atoms with van der Waals surface area (Å²) in [5.74, 6) is -1.95. The first-order valence-electron chi connectivity index (χ1n) is 16.2. The van der Waals surface area contributed by atoms with Crippen molar-refractivity contribution in [3.8, 4) is 0 Å². The lowest BCUT2D eigenvalue weighted by Crippen LogP contribution is -2.80. The molecule has 8 atom stereocenters. The first kappa shape index (κ1) is 38.6. The number of aromatic nitrogens is 1. The molecular formula is C36H51N3O9. The standard InChI is InChI=1S/C36H51N3O9/c1-23(16-12-9-10-13-17-27-21-37-22-47-27)30(41)34(5,6)32(43)38-19-15-11-14-18-28(40)24(2)20-29(46-8)36(45)25(3)31(42)39(7)35(36)26(4)48-33(35)44/h9-16,18,21-22,24-26,28-30,40-41,45H,17,19-20H2,1-8H3,(H,38,43)/b12-9-,13-10+,15-11+,18-14+,23-16-/t24?,25-,26-,28?,29+,30?,35+,36+/m0/s1. The number of methoxy groups -OCH3 is 1. The number of aliphatic hydroxyl groups is 3. The number of rotatable bonds is 16. The zero-order chi connectivity index (χ0) is 35.9. The topological polar surface area (TPSA) is 172 Å². The number of oxazole rings is 1. The number of likely N-dealkylation sites (N-methyl/N-ethyl adjacent to an activating group) is 1. The average molecular weight is 670 g/mol. The number of aliphatic hydroxyl groups excluding tert-OH is 2. The maximum atomic E-state index is 12.9. The van der Waals surface area contributed by atoms with Gasteiger partial charge in [-0.25, -0.2) is 9.78 Å². The second-order valence-corrected chi connectivity index (χ2v) is 13.2. The van der Waals surface area contributed by atoms with Crippen LogP contribution in [-0.2, 0) is 30.3 Å². The van der Waals surface area contributed by atoms with Crippen LogP contribution in [0.1, 0.15) is 53.7 Å². The van der Waals surface area contributed by atoms with Gasteiger partial charge in [0.2, 0.25) is 17.4 Å². The predicted octanol–water partition coefficient (Wildman–Crippen LogP) is 2.82. The molecule has 1 aromatic heterocycles. The summed E-state index contributed by atoms with van der Waals surface area (Å²) in [4.78, 5) is 43.7. The molecule has 12 heteroatoms. The number of amides is 2. The van der Waals surface area contributed by atoms with E-state index in [0.29, 0.717) is 12.0 Å². The lowest BCUT2D eigenvalue weighted by atomic mass is 9.65. The maximum absolute atomic E-state index is 12.9. The van der Waals surface area contributed by atoms with E-state index in [1.165, 1.54) is 25.5 Å². The van der Waals surface area contributed by atoms with E-state index in [-0.39, 0.29) is 24.8 Å². The minimum absolute atomic E-state index is 0.160. The van der Waals surface area contributed by atoms with Crippen LogP contribution in [-0.4, -0.2) is 99.2 Å². The summed E-state index contributed by atoms with van der Waals surface area (Å²) in [6, 6.07) is 0. The minimum atomic E-state index is -1.86. The fourth-order valence-electron chi connectivity index (χ4n) is 6.61. The Kier molecular flexibility index (Phi) is 12.9. The van der Waals surface area contributed by atoms with Crippen LogP contribution in [0.15, 0.2) is 77.3 Å². The number of ether oxygens (including phenoxy) is 2. The fourth-order valence-corrected chi connectivity index (χ4v) is 6.61. The van der Waals surface area contributed by atoms with Crippen LogP contribution in [0.4, 0.5) is 0 Å². The second-order valence-electron chi connectivity index (χ2n) is 13.2. The van der Waals surface area contributed by atoms with Gasteiger partial charge >= 0.3 is 5.97 Å². The van der Waals surface area contributed by atoms with E-state index >= 15 is 0 Å². The van der Waals surface area contributed by atoms with Crippen LogP contribution in [0.5, 0.6) is 0 Å². The van der Waals surface area contributed by atoms with Gasteiger partial charge in [-0.15, -0.1) is 0 Å². The SMILES string of the molecule is CO[C@H](CC(C)C(O)/C=C/C=C/CNC(=O)C(C)(C)C(O)\C(C)=C/C=C\C=C\Cc1cnco1)[C@]1(O)[C@@H](C)C(=O)N(C)[C@]12C(=O)O[C@H]2C. The van der Waals surface area contributed by atoms with Crippen molar-refractivity contribution in [2.24, 2.45) is 17.3 Å². The molecule has 0 aliphatic carbocycles. The first-order chi connectivity index (χ1) is 22.6. The third-order valence-electron chi connectivity index (χ3n) is 9.78. The van der Waals surface area contributed by atoms with E-state index in [9.17, 15) is 29.7 Å². The Morgan fingerprint density at radius 2 is 1.85 bits per heavy atom. The van der Waals surface area contributed by atoms with Gasteiger partial charge in [0, 0.05) is 27.1 Å². The smallest absolute Gasteiger partial charge is 0.339 e. The normalized spacial score (nSPS) is 27.7. The van der Waals surface area contributed by atoms with Gasteiger partial charge < -0.3 is 39.4 Å². The van der Waals surface area contributed by atoms with E-state index in [1.54, 1.807) is 84.2 Å². The molecule has 3 heterocycles. The lowest BCUT2D eigenvalue weighted by molar-refractivity contribution is -0.255. The van der Waals surface area contributed by atoms with Crippen molar-refractivity contribution in [1.82, 2.24) is 15.2 Å². The minimum Gasteiger partial charge on any atom is -0.457 e. The van der Waals surface area contributed by atoms with E-state index in [0.717, 1.165) is 5.76 Å². The first-order valence-corrected chi connectivity index (χ1v) is 16.2. The van der Waals surface area contributed by atoms with Crippen molar-refractivity contribution in [2.45, 2.75) is 89.9 Å². The summed E-state index contributed by atoms with van der Waals surface area (Å²) in [6.45, 7) is 10.3. The summed E-state index contributed by atoms with van der Waals surface area (Å²) in [7, 11) is 2.89. The molecule has 264 valence electrons. The number of cyclic esters (lactones) is 1. The van der Waals surface area contributed by atoms with E-state index in [4.69, 9.17) is 13.9 Å². The van der Waals surface area contributed by atoms with Crippen LogP contribution in [0.2, 0.25) is 0 Å². The molecule has 2 amide bonds. The third-order valence-corrected chi connectivity index (χ3v) is 9.78. The Balaban J connectivity index is 1.50. The van der Waals surface area contributed by atoms with Gasteiger partial charge in [0.25, 0.3) is 0 Å². The van der Waals surface area contributed by atoms with Crippen molar-refractivity contribution in [1.29, 1.82) is 0 Å². The van der Waals surface area contributed by atoms with Crippen molar-refractivity contribution >= 4 is 17.8 Å². The number of nitrogens with one attached hydrogen (secondary N) is 1. The van der Waals surface area contributed by atoms with Crippen molar-refractivity contribution in [3.05, 3.63) is 78.6 Å². The van der Waals surface area contributed by atoms with Gasteiger partial charge in [0.15, 0.2) is 6.39 Å². The Morgan fingerprint density at radius 1 is 1.17 bits per heavy atom. The van der Waals surface area contributed by atoms with Gasteiger partial charge in [-0.3, -0.25) is 9.59 Å². The molecule has 2 fully saturated rings. The summed E-state index contributed by atoms with van der Waals surface area (Å²) >= 11 is 0. The predicted molar refractivity (Wildman–Crippen MR) is 179 cm³/mol. The average Bonchev–Trinajstić information content (AvgIpc) is 3.63. The number of nitrogens with zero attached hydrogens (tertiary/aromatic N) is 2. The Hall–Kier alpha value is -3.84. The molecule has 0 bridgehead atoms. The highest BCUT2D eigenvalue weighted by Crippen LogP contribution is 2.54. The number of hydrogen-bond acceptors (Lipinski definition) is 10. The highest BCUT2D eigenvalue weighted by Gasteiger charge is 2.80. The molecule has 12 nitrogen and oxygen atoms in total. The molecule has 0 radical (unpaired) electrons. The number of esters is 1. The third kappa shape index (κ3) is 7.41. The zero-order valence-electron chi connectivity index (χ0n) is 29.1. The highest BCUT2D eigenvalue weighted by atomic mass is 16.6. The number of allylic oxidation sites excluding steroid dienone is 7. The molecule has 2 aliphatic rings. The monoisotopic (exact) mass is 669 g/mol. The largest absolute Gasteiger partial charge is 0.457 e. The number of hydrogen-bond donors (Lipinski definition) is 4. The highest BCUT2D eigenvalue weighted by molar-refractivity contribution is 5.99. The van der Waals surface area contributed by atoms with E-state index < -0.39 is 58.8 Å². The zero-order valence-corrected chi connectivity index (χ0v) is 29.1. The van der Waals surface area contributed by atoms with E-state index in [2.05, 4.69) is 10.3 Å². The number of carbonyl (C=O) groups excluding carboxylic acids is 3. The molecule has 3 unspecified atom stereocenters. The van der Waals surface area contributed by atoms with Gasteiger partial charge in [0.05, 0.1) is 35.8 Å². The van der Waals surface area contributed by atoms with Gasteiger partial charge in [-0.1, -0.05) is 68.5 Å². The quantitative estimate of drug-likeness (QED) is 0.152. The molecule has 48 heavy (non-hydrogen) atoms. The van der Waals surface area contributed by atoms with Crippen molar-refractivity contribution < 1.29 is 43.6 Å². The summed E-state index contributed by atoms with van der Waals surface area (Å²) < 4.78 is 16.0. The molecule has 4 N–H and O–H groups in total. The van der Waals surface area contributed by atoms with Crippen molar-refractivity contribution in [3.63, 3.8) is 0 Å². The molecule has 3 rings (SSSR count). The van der Waals surface area contributed by atoms with Gasteiger partial charge in [0.1, 0.15) is 17.5 Å². The van der Waals surface area contributed by atoms with Crippen LogP contribution < -0.4 is 5.32 Å². The summed E-state index contributed by atoms with van der Waals surface area (Å²) in [6.07, 6.45) is 16.0. The van der Waals surface area contributed by atoms with Crippen LogP contribution >= 0.6 is 0 Å². The summed E-state index contributed by atoms with van der Waals surface area (Å²) in [5.41, 5.74) is -3.87. The molecule has 0 aromatic carbocycles. The molecule has 2 aliphatic heterocycles. The Bertz CT molecular complexity index is 1430. The van der Waals surface area contributed by atoms with Crippen LogP contribution in [0, 0.1) is 17.3 Å². The maximum Gasteiger partial charge on any atom is 0.339 e. The molecular weight excluding hydrogens is 618 g/mol. The van der Waals surface area contributed by atoms with Crippen LogP contribution in [0.3, 0.4) is 0 Å². The Morgan fingerprint density at radius 3 is 2.46 bits per heavy atom. The molecule has 1 aromatic rings. The van der Waals surface area contributed by atoms with Crippen molar-refractivity contribution in [2.75, 3.05) is 20.7 Å². The number of likely N-dealkylation sites (tertiary alicyclic amines) is 1. The van der Waals surface area contributed by atoms with Crippen LogP contribution in [0.25, 0.3) is 0 Å². The van der Waals surface area contributed by atoms with Gasteiger partial charge in [-0.2, -0.15) is 0 Å². The molecule has 2 saturated heterocycles. The molecule has 0 saturated carbocycles. The van der Waals surface area contributed by atoms with E-state index in [1.807, 2.05) is 18.2 Å². The Labute approximate surface area is 282 Å². The summed E-state index contributed by atoms with van der Waals surface area (Å²) in [5, 5.41) is 36.5. The van der Waals surface area contributed by atoms with Gasteiger partial charge in [-0.05, 0) is 45.6 Å². The lowest BCUT2D eigenvalue weighted by Gasteiger charge is -2.55. The second kappa shape index (κ2) is 16.0. The fraction of sp³-hybridized carbons (Fsp3) is 0.556. The number of carbonyl (C=O) groups is 3. The molecule has 1 spiro atoms.